The van der Waals surface area contributed by atoms with Gasteiger partial charge >= 0.3 is 0 Å². The van der Waals surface area contributed by atoms with E-state index in [2.05, 4.69) is 35.1 Å². The normalized spacial score (nSPS) is 34.7. The molecule has 4 unspecified atom stereocenters. The third-order valence-corrected chi connectivity index (χ3v) is 7.38. The van der Waals surface area contributed by atoms with Crippen molar-refractivity contribution in [1.82, 2.24) is 21.3 Å². The summed E-state index contributed by atoms with van der Waals surface area (Å²) in [5.41, 5.74) is -0.143. The summed E-state index contributed by atoms with van der Waals surface area (Å²) in [5, 5.41) is 16.1. The molecular weight excluding hydrogens is 372 g/mol. The van der Waals surface area contributed by atoms with Gasteiger partial charge in [-0.15, -0.1) is 0 Å². The highest BCUT2D eigenvalue weighted by atomic mass is 32.1. The number of thiocarbonyl (C=S) groups is 2. The zero-order chi connectivity index (χ0) is 19.3. The second kappa shape index (κ2) is 9.73. The van der Waals surface area contributed by atoms with Crippen molar-refractivity contribution in [3.05, 3.63) is 0 Å². The van der Waals surface area contributed by atoms with Gasteiger partial charge in [-0.3, -0.25) is 0 Å². The third kappa shape index (κ3) is 4.69. The standard InChI is InChI=1S/C21H38N4S2/c1-3-5-7-9-11-17-15-13-14-16-18(12-10-8-6-4-2)23-20(27)25-21(15,16)24-19(26)22-17/h15-18H,3-14H2,1-2H3,(H2,22,24,26)(H2,23,25,27). The molecule has 2 saturated heterocycles. The Kier molecular flexibility index (Phi) is 7.60. The third-order valence-electron chi connectivity index (χ3n) is 6.94. The molecule has 4 atom stereocenters. The summed E-state index contributed by atoms with van der Waals surface area (Å²) in [4.78, 5) is 0. The molecule has 3 aliphatic rings. The molecule has 4 N–H and O–H groups in total. The van der Waals surface area contributed by atoms with Gasteiger partial charge in [0, 0.05) is 23.9 Å². The molecular formula is C21H38N4S2. The van der Waals surface area contributed by atoms with E-state index in [1.807, 2.05) is 0 Å². The molecule has 0 aromatic carbocycles. The summed E-state index contributed by atoms with van der Waals surface area (Å²) in [5.74, 6) is 1.10. The first-order valence-corrected chi connectivity index (χ1v) is 12.1. The number of hydrogen-bond acceptors (Lipinski definition) is 2. The van der Waals surface area contributed by atoms with Gasteiger partial charge in [0.05, 0.1) is 0 Å². The highest BCUT2D eigenvalue weighted by molar-refractivity contribution is 7.80. The Morgan fingerprint density at radius 1 is 0.741 bits per heavy atom. The second-order valence-electron chi connectivity index (χ2n) is 8.77. The van der Waals surface area contributed by atoms with E-state index in [-0.39, 0.29) is 5.66 Å². The van der Waals surface area contributed by atoms with Gasteiger partial charge in [-0.05, 0) is 50.1 Å². The lowest BCUT2D eigenvalue weighted by Gasteiger charge is -2.54. The summed E-state index contributed by atoms with van der Waals surface area (Å²) in [6.45, 7) is 4.55. The molecule has 0 aromatic heterocycles. The molecule has 0 aromatic rings. The summed E-state index contributed by atoms with van der Waals surface area (Å²) >= 11 is 11.3. The van der Waals surface area contributed by atoms with E-state index in [4.69, 9.17) is 24.4 Å². The molecule has 27 heavy (non-hydrogen) atoms. The Balaban J connectivity index is 1.69. The Labute approximate surface area is 176 Å². The van der Waals surface area contributed by atoms with E-state index < -0.39 is 0 Å². The van der Waals surface area contributed by atoms with Crippen molar-refractivity contribution in [3.63, 3.8) is 0 Å². The molecule has 1 aliphatic carbocycles. The van der Waals surface area contributed by atoms with Gasteiger partial charge in [-0.2, -0.15) is 0 Å². The van der Waals surface area contributed by atoms with E-state index in [1.165, 1.54) is 77.0 Å². The predicted molar refractivity (Wildman–Crippen MR) is 122 cm³/mol. The molecule has 0 bridgehead atoms. The smallest absolute Gasteiger partial charge is 0.168 e. The summed E-state index contributed by atoms with van der Waals surface area (Å²) in [7, 11) is 0. The van der Waals surface area contributed by atoms with Crippen LogP contribution in [0.5, 0.6) is 0 Å². The van der Waals surface area contributed by atoms with Crippen molar-refractivity contribution >= 4 is 34.7 Å². The van der Waals surface area contributed by atoms with Gasteiger partial charge in [-0.25, -0.2) is 0 Å². The monoisotopic (exact) mass is 410 g/mol. The lowest BCUT2D eigenvalue weighted by molar-refractivity contribution is 0.100. The lowest BCUT2D eigenvalue weighted by Crippen LogP contribution is -2.80. The van der Waals surface area contributed by atoms with Gasteiger partial charge in [0.2, 0.25) is 0 Å². The molecule has 3 fully saturated rings. The number of hydrogen-bond donors (Lipinski definition) is 4. The number of unbranched alkanes of at least 4 members (excludes halogenated alkanes) is 6. The van der Waals surface area contributed by atoms with Crippen LogP contribution >= 0.6 is 24.4 Å². The maximum Gasteiger partial charge on any atom is 0.168 e. The van der Waals surface area contributed by atoms with Gasteiger partial charge < -0.3 is 21.3 Å². The Bertz CT molecular complexity index is 478. The van der Waals surface area contributed by atoms with Crippen LogP contribution in [-0.4, -0.2) is 28.0 Å². The number of nitrogens with one attached hydrogen (secondary N) is 4. The molecule has 4 nitrogen and oxygen atoms in total. The van der Waals surface area contributed by atoms with Crippen LogP contribution in [0.1, 0.15) is 90.9 Å². The van der Waals surface area contributed by atoms with Crippen molar-refractivity contribution in [3.8, 4) is 0 Å². The Hall–Kier alpha value is -0.620. The van der Waals surface area contributed by atoms with Crippen LogP contribution in [-0.2, 0) is 0 Å². The fraction of sp³-hybridized carbons (Fsp3) is 0.905. The van der Waals surface area contributed by atoms with Crippen molar-refractivity contribution in [2.45, 2.75) is 109 Å². The lowest BCUT2D eigenvalue weighted by atomic mass is 9.76. The minimum atomic E-state index is -0.143. The first-order valence-electron chi connectivity index (χ1n) is 11.3. The van der Waals surface area contributed by atoms with Gasteiger partial charge in [0.15, 0.2) is 10.2 Å². The predicted octanol–water partition coefficient (Wildman–Crippen LogP) is 4.34. The van der Waals surface area contributed by atoms with Crippen LogP contribution in [0.2, 0.25) is 0 Å². The molecule has 2 aliphatic heterocycles. The van der Waals surface area contributed by atoms with E-state index in [1.54, 1.807) is 0 Å². The van der Waals surface area contributed by atoms with Crippen LogP contribution in [0.3, 0.4) is 0 Å². The molecule has 0 radical (unpaired) electrons. The van der Waals surface area contributed by atoms with Crippen LogP contribution in [0.25, 0.3) is 0 Å². The van der Waals surface area contributed by atoms with Crippen LogP contribution in [0.4, 0.5) is 0 Å². The van der Waals surface area contributed by atoms with Crippen molar-refractivity contribution in [2.24, 2.45) is 11.8 Å². The maximum atomic E-state index is 5.64. The topological polar surface area (TPSA) is 48.1 Å². The van der Waals surface area contributed by atoms with Crippen LogP contribution in [0, 0.1) is 11.8 Å². The molecule has 0 amide bonds. The van der Waals surface area contributed by atoms with Crippen molar-refractivity contribution < 1.29 is 0 Å². The highest BCUT2D eigenvalue weighted by Gasteiger charge is 2.59. The van der Waals surface area contributed by atoms with Gasteiger partial charge in [0.25, 0.3) is 0 Å². The van der Waals surface area contributed by atoms with Crippen molar-refractivity contribution in [2.75, 3.05) is 0 Å². The summed E-state index contributed by atoms with van der Waals surface area (Å²) < 4.78 is 0. The number of rotatable bonds is 10. The molecule has 1 spiro atoms. The van der Waals surface area contributed by atoms with Crippen LogP contribution < -0.4 is 21.3 Å². The summed E-state index contributed by atoms with van der Waals surface area (Å²) in [6, 6.07) is 0.935. The van der Waals surface area contributed by atoms with Gasteiger partial charge in [-0.1, -0.05) is 65.2 Å². The van der Waals surface area contributed by atoms with Gasteiger partial charge in [0.1, 0.15) is 5.66 Å². The average Bonchev–Trinajstić information content (AvgIpc) is 3.00. The van der Waals surface area contributed by atoms with E-state index in [0.29, 0.717) is 23.9 Å². The fourth-order valence-corrected chi connectivity index (χ4v) is 6.28. The Morgan fingerprint density at radius 2 is 1.19 bits per heavy atom. The average molecular weight is 411 g/mol. The first-order chi connectivity index (χ1) is 13.1. The van der Waals surface area contributed by atoms with Crippen molar-refractivity contribution in [1.29, 1.82) is 0 Å². The SMILES string of the molecule is CCCCCCC1NC(=S)NC23NC(=S)NC(CCCCCC)C2CCC13. The van der Waals surface area contributed by atoms with E-state index in [0.717, 1.165) is 10.2 Å². The zero-order valence-corrected chi connectivity index (χ0v) is 18.7. The minimum absolute atomic E-state index is 0.143. The molecule has 2 heterocycles. The maximum absolute atomic E-state index is 5.64. The fourth-order valence-electron chi connectivity index (χ4n) is 5.64. The minimum Gasteiger partial charge on any atom is -0.360 e. The highest BCUT2D eigenvalue weighted by Crippen LogP contribution is 2.47. The molecule has 3 rings (SSSR count). The van der Waals surface area contributed by atoms with Crippen LogP contribution in [0.15, 0.2) is 0 Å². The molecule has 154 valence electrons. The second-order valence-corrected chi connectivity index (χ2v) is 9.58. The largest absolute Gasteiger partial charge is 0.360 e. The van der Waals surface area contributed by atoms with E-state index >= 15 is 0 Å². The molecule has 1 saturated carbocycles. The Morgan fingerprint density at radius 3 is 1.59 bits per heavy atom. The van der Waals surface area contributed by atoms with E-state index in [9.17, 15) is 0 Å². The molecule has 6 heteroatoms. The summed E-state index contributed by atoms with van der Waals surface area (Å²) in [6.07, 6.45) is 15.4. The zero-order valence-electron chi connectivity index (χ0n) is 17.1. The quantitative estimate of drug-likeness (QED) is 0.317. The first kappa shape index (κ1) is 21.1.